The van der Waals surface area contributed by atoms with Gasteiger partial charge in [0.05, 0.1) is 6.07 Å². The summed E-state index contributed by atoms with van der Waals surface area (Å²) >= 11 is 0. The fourth-order valence-corrected chi connectivity index (χ4v) is 1.34. The van der Waals surface area contributed by atoms with E-state index < -0.39 is 0 Å². The molecule has 0 spiro atoms. The largest absolute Gasteiger partial charge is 0.344 e. The Labute approximate surface area is 76.6 Å². The van der Waals surface area contributed by atoms with Gasteiger partial charge in [0, 0.05) is 5.92 Å². The lowest BCUT2D eigenvalue weighted by Gasteiger charge is -2.13. The Morgan fingerprint density at radius 2 is 1.33 bits per heavy atom. The lowest BCUT2D eigenvalue weighted by molar-refractivity contribution is 0.407. The second-order valence-corrected chi connectivity index (χ2v) is 4.09. The van der Waals surface area contributed by atoms with E-state index in [0.717, 1.165) is 12.8 Å². The first-order valence-corrected chi connectivity index (χ1v) is 4.45. The Hall–Kier alpha value is -0.550. The van der Waals surface area contributed by atoms with Gasteiger partial charge in [-0.3, -0.25) is 0 Å². The maximum Gasteiger partial charge on any atom is 0.0655 e. The number of hydrogen-bond acceptors (Lipinski definition) is 2. The molecule has 3 N–H and O–H groups in total. The maximum atomic E-state index is 8.77. The lowest BCUT2D eigenvalue weighted by atomic mass is 9.91. The van der Waals surface area contributed by atoms with Crippen molar-refractivity contribution in [3.63, 3.8) is 0 Å². The smallest absolute Gasteiger partial charge is 0.0655 e. The van der Waals surface area contributed by atoms with Crippen LogP contribution >= 0.6 is 0 Å². The molecular formula is C10H22N2. The topological polar surface area (TPSA) is 58.8 Å². The van der Waals surface area contributed by atoms with Crippen LogP contribution in [0.2, 0.25) is 0 Å². The average Bonchev–Trinajstić information content (AvgIpc) is 1.84. The second kappa shape index (κ2) is 7.12. The third-order valence-electron chi connectivity index (χ3n) is 1.69. The minimum absolute atomic E-state index is 0. The molecule has 2 heteroatoms. The quantitative estimate of drug-likeness (QED) is 0.703. The van der Waals surface area contributed by atoms with Crippen LogP contribution in [0.3, 0.4) is 0 Å². The third kappa shape index (κ3) is 7.56. The highest BCUT2D eigenvalue weighted by Crippen LogP contribution is 2.18. The first-order chi connectivity index (χ1) is 5.06. The van der Waals surface area contributed by atoms with Crippen LogP contribution < -0.4 is 6.15 Å². The molecule has 0 saturated carbocycles. The fourth-order valence-electron chi connectivity index (χ4n) is 1.34. The molecule has 0 atom stereocenters. The predicted octanol–water partition coefficient (Wildman–Crippen LogP) is 3.38. The number of nitriles is 1. The molecule has 0 heterocycles. The Bertz CT molecular complexity index is 123. The zero-order valence-corrected chi connectivity index (χ0v) is 8.80. The molecule has 0 bridgehead atoms. The van der Waals surface area contributed by atoms with Crippen LogP contribution in [0.5, 0.6) is 0 Å². The molecule has 0 aromatic heterocycles. The summed E-state index contributed by atoms with van der Waals surface area (Å²) in [7, 11) is 0. The lowest BCUT2D eigenvalue weighted by Crippen LogP contribution is -2.05. The van der Waals surface area contributed by atoms with Crippen molar-refractivity contribution in [3.8, 4) is 6.07 Å². The predicted molar refractivity (Wildman–Crippen MR) is 53.0 cm³/mol. The number of rotatable bonds is 4. The van der Waals surface area contributed by atoms with E-state index >= 15 is 0 Å². The summed E-state index contributed by atoms with van der Waals surface area (Å²) in [6.07, 6.45) is 2.10. The van der Waals surface area contributed by atoms with Gasteiger partial charge in [-0.1, -0.05) is 27.7 Å². The van der Waals surface area contributed by atoms with Crippen molar-refractivity contribution in [2.24, 2.45) is 17.8 Å². The Kier molecular flexibility index (Phi) is 8.31. The zero-order chi connectivity index (χ0) is 8.85. The first kappa shape index (κ1) is 14.0. The van der Waals surface area contributed by atoms with E-state index in [2.05, 4.69) is 33.8 Å². The van der Waals surface area contributed by atoms with Crippen LogP contribution in [-0.4, -0.2) is 0 Å². The van der Waals surface area contributed by atoms with E-state index in [1.807, 2.05) is 0 Å². The van der Waals surface area contributed by atoms with E-state index in [4.69, 9.17) is 5.26 Å². The molecule has 0 aromatic carbocycles. The molecule has 0 aliphatic carbocycles. The fraction of sp³-hybridized carbons (Fsp3) is 0.900. The summed E-state index contributed by atoms with van der Waals surface area (Å²) in [5.74, 6) is 1.58. The van der Waals surface area contributed by atoms with E-state index in [1.54, 1.807) is 0 Å². The van der Waals surface area contributed by atoms with E-state index in [9.17, 15) is 0 Å². The molecule has 0 aliphatic rings. The molecule has 0 unspecified atom stereocenters. The van der Waals surface area contributed by atoms with E-state index in [1.165, 1.54) is 0 Å². The summed E-state index contributed by atoms with van der Waals surface area (Å²) < 4.78 is 0. The van der Waals surface area contributed by atoms with Gasteiger partial charge in [-0.05, 0) is 24.7 Å². The minimum atomic E-state index is 0. The minimum Gasteiger partial charge on any atom is -0.344 e. The third-order valence-corrected chi connectivity index (χ3v) is 1.69. The Morgan fingerprint density at radius 3 is 1.50 bits per heavy atom. The molecule has 0 aliphatic heterocycles. The van der Waals surface area contributed by atoms with Crippen molar-refractivity contribution in [1.82, 2.24) is 6.15 Å². The van der Waals surface area contributed by atoms with Crippen molar-refractivity contribution >= 4 is 0 Å². The molecular weight excluding hydrogens is 148 g/mol. The van der Waals surface area contributed by atoms with Crippen LogP contribution in [0, 0.1) is 29.1 Å². The Morgan fingerprint density at radius 1 is 1.00 bits per heavy atom. The van der Waals surface area contributed by atoms with E-state index in [-0.39, 0.29) is 12.1 Å². The van der Waals surface area contributed by atoms with Gasteiger partial charge in [0.2, 0.25) is 0 Å². The van der Waals surface area contributed by atoms with Gasteiger partial charge >= 0.3 is 0 Å². The van der Waals surface area contributed by atoms with Gasteiger partial charge in [0.1, 0.15) is 0 Å². The highest BCUT2D eigenvalue weighted by atomic mass is 14.3. The molecule has 0 amide bonds. The molecule has 0 saturated heterocycles. The van der Waals surface area contributed by atoms with Crippen molar-refractivity contribution in [1.29, 1.82) is 5.26 Å². The maximum absolute atomic E-state index is 8.77. The monoisotopic (exact) mass is 170 g/mol. The summed E-state index contributed by atoms with van der Waals surface area (Å²) in [6.45, 7) is 8.69. The summed E-state index contributed by atoms with van der Waals surface area (Å²) in [6, 6.07) is 2.36. The standard InChI is InChI=1S/C10H19N.H3N/c1-8(2)5-10(7-11)6-9(3)4;/h8-10H,5-6H2,1-4H3;1H3. The zero-order valence-electron chi connectivity index (χ0n) is 8.80. The van der Waals surface area contributed by atoms with Crippen molar-refractivity contribution in [2.45, 2.75) is 40.5 Å². The van der Waals surface area contributed by atoms with Crippen LogP contribution in [0.15, 0.2) is 0 Å². The van der Waals surface area contributed by atoms with Gasteiger partial charge in [0.25, 0.3) is 0 Å². The molecule has 0 fully saturated rings. The molecule has 2 nitrogen and oxygen atoms in total. The molecule has 72 valence electrons. The average molecular weight is 170 g/mol. The molecule has 0 rings (SSSR count). The van der Waals surface area contributed by atoms with Gasteiger partial charge in [-0.2, -0.15) is 5.26 Å². The summed E-state index contributed by atoms with van der Waals surface area (Å²) in [4.78, 5) is 0. The first-order valence-electron chi connectivity index (χ1n) is 4.45. The van der Waals surface area contributed by atoms with Gasteiger partial charge in [-0.15, -0.1) is 0 Å². The summed E-state index contributed by atoms with van der Waals surface area (Å²) in [5.41, 5.74) is 0. The highest BCUT2D eigenvalue weighted by Gasteiger charge is 2.10. The van der Waals surface area contributed by atoms with Crippen molar-refractivity contribution in [2.75, 3.05) is 0 Å². The van der Waals surface area contributed by atoms with Crippen molar-refractivity contribution in [3.05, 3.63) is 0 Å². The second-order valence-electron chi connectivity index (χ2n) is 4.09. The van der Waals surface area contributed by atoms with Gasteiger partial charge in [0.15, 0.2) is 0 Å². The molecule has 0 radical (unpaired) electrons. The van der Waals surface area contributed by atoms with Crippen molar-refractivity contribution < 1.29 is 0 Å². The molecule has 12 heavy (non-hydrogen) atoms. The normalized spacial score (nSPS) is 10.2. The molecule has 0 aromatic rings. The van der Waals surface area contributed by atoms with Gasteiger partial charge in [-0.25, -0.2) is 0 Å². The highest BCUT2D eigenvalue weighted by molar-refractivity contribution is 4.83. The van der Waals surface area contributed by atoms with Crippen LogP contribution in [-0.2, 0) is 0 Å². The number of nitrogens with zero attached hydrogens (tertiary/aromatic N) is 1. The number of hydrogen-bond donors (Lipinski definition) is 1. The van der Waals surface area contributed by atoms with Crippen LogP contribution in [0.4, 0.5) is 0 Å². The van der Waals surface area contributed by atoms with E-state index in [0.29, 0.717) is 11.8 Å². The van der Waals surface area contributed by atoms with Gasteiger partial charge < -0.3 is 6.15 Å². The van der Waals surface area contributed by atoms with Crippen LogP contribution in [0.25, 0.3) is 0 Å². The SMILES string of the molecule is CC(C)CC(C#N)CC(C)C.N. The summed E-state index contributed by atoms with van der Waals surface area (Å²) in [5, 5.41) is 8.77. The Balaban J connectivity index is 0. The van der Waals surface area contributed by atoms with Crippen LogP contribution in [0.1, 0.15) is 40.5 Å².